The third-order valence-corrected chi connectivity index (χ3v) is 6.05. The zero-order valence-electron chi connectivity index (χ0n) is 19.4. The molecular formula is C29H27N3O2. The first kappa shape index (κ1) is 21.7. The maximum Gasteiger partial charge on any atom is 0.251 e. The van der Waals surface area contributed by atoms with Gasteiger partial charge in [-0.3, -0.25) is 4.79 Å². The van der Waals surface area contributed by atoms with Crippen LogP contribution in [0.15, 0.2) is 91.0 Å². The second kappa shape index (κ2) is 9.40. The third-order valence-electron chi connectivity index (χ3n) is 6.05. The van der Waals surface area contributed by atoms with Gasteiger partial charge in [-0.1, -0.05) is 66.2 Å². The molecule has 34 heavy (non-hydrogen) atoms. The number of aromatic nitrogens is 2. The Balaban J connectivity index is 1.37. The summed E-state index contributed by atoms with van der Waals surface area (Å²) in [5.74, 6) is 1.56. The molecule has 4 aromatic carbocycles. The second-order valence-electron chi connectivity index (χ2n) is 8.50. The molecule has 5 heteroatoms. The lowest BCUT2D eigenvalue weighted by Gasteiger charge is -2.17. The summed E-state index contributed by atoms with van der Waals surface area (Å²) in [6.07, 6.45) is 0. The molecule has 1 aromatic heterocycles. The van der Waals surface area contributed by atoms with Crippen LogP contribution in [-0.4, -0.2) is 22.1 Å². The maximum absolute atomic E-state index is 12.8. The van der Waals surface area contributed by atoms with Crippen LogP contribution in [0.3, 0.4) is 0 Å². The molecule has 1 amide bonds. The Morgan fingerprint density at radius 3 is 2.53 bits per heavy atom. The summed E-state index contributed by atoms with van der Waals surface area (Å²) in [7, 11) is 0. The van der Waals surface area contributed by atoms with Crippen molar-refractivity contribution in [2.75, 3.05) is 6.61 Å². The molecular weight excluding hydrogens is 422 g/mol. The smallest absolute Gasteiger partial charge is 0.251 e. The number of nitrogens with one attached hydrogen (secondary N) is 1. The van der Waals surface area contributed by atoms with Gasteiger partial charge in [-0.2, -0.15) is 0 Å². The van der Waals surface area contributed by atoms with E-state index in [2.05, 4.69) is 34.1 Å². The van der Waals surface area contributed by atoms with E-state index in [4.69, 9.17) is 9.72 Å². The summed E-state index contributed by atoms with van der Waals surface area (Å²) in [5.41, 5.74) is 3.69. The minimum atomic E-state index is -0.265. The van der Waals surface area contributed by atoms with Gasteiger partial charge in [0.05, 0.1) is 23.6 Å². The van der Waals surface area contributed by atoms with E-state index >= 15 is 0 Å². The van der Waals surface area contributed by atoms with Crippen molar-refractivity contribution in [1.29, 1.82) is 0 Å². The molecule has 1 atom stereocenters. The van der Waals surface area contributed by atoms with E-state index in [0.29, 0.717) is 18.7 Å². The van der Waals surface area contributed by atoms with Crippen LogP contribution >= 0.6 is 0 Å². The monoisotopic (exact) mass is 449 g/mol. The van der Waals surface area contributed by atoms with Crippen molar-refractivity contribution in [3.63, 3.8) is 0 Å². The van der Waals surface area contributed by atoms with Gasteiger partial charge < -0.3 is 14.6 Å². The van der Waals surface area contributed by atoms with Crippen LogP contribution in [0, 0.1) is 6.92 Å². The van der Waals surface area contributed by atoms with E-state index in [9.17, 15) is 4.79 Å². The largest absolute Gasteiger partial charge is 0.491 e. The molecule has 5 rings (SSSR count). The topological polar surface area (TPSA) is 56.2 Å². The van der Waals surface area contributed by atoms with Crippen LogP contribution in [0.25, 0.3) is 21.8 Å². The van der Waals surface area contributed by atoms with E-state index in [1.807, 2.05) is 80.6 Å². The first-order valence-corrected chi connectivity index (χ1v) is 11.5. The molecule has 0 aliphatic rings. The lowest BCUT2D eigenvalue weighted by atomic mass is 10.1. The number of nitrogens with zero attached hydrogens (tertiary/aromatic N) is 2. The average Bonchev–Trinajstić information content (AvgIpc) is 3.23. The summed E-state index contributed by atoms with van der Waals surface area (Å²) < 4.78 is 8.34. The highest BCUT2D eigenvalue weighted by Gasteiger charge is 2.19. The van der Waals surface area contributed by atoms with Crippen LogP contribution in [-0.2, 0) is 6.54 Å². The fourth-order valence-electron chi connectivity index (χ4n) is 4.28. The van der Waals surface area contributed by atoms with Gasteiger partial charge in [0, 0.05) is 10.9 Å². The van der Waals surface area contributed by atoms with Crippen LogP contribution in [0.2, 0.25) is 0 Å². The highest BCUT2D eigenvalue weighted by Crippen LogP contribution is 2.26. The van der Waals surface area contributed by atoms with Crippen LogP contribution < -0.4 is 10.1 Å². The molecule has 0 fully saturated rings. The number of amides is 1. The fraction of sp³-hybridized carbons (Fsp3) is 0.172. The number of hydrogen-bond acceptors (Lipinski definition) is 3. The summed E-state index contributed by atoms with van der Waals surface area (Å²) in [6, 6.07) is 29.7. The SMILES string of the molecule is Cc1ccc(C(=O)NC(C)c2nc3ccccc3n2CCOc2cccc3ccccc23)cc1. The number of hydrogen-bond donors (Lipinski definition) is 1. The molecule has 0 aliphatic heterocycles. The van der Waals surface area contributed by atoms with Gasteiger partial charge in [0.15, 0.2) is 0 Å². The first-order chi connectivity index (χ1) is 16.6. The van der Waals surface area contributed by atoms with Crippen LogP contribution in [0.4, 0.5) is 0 Å². The highest BCUT2D eigenvalue weighted by molar-refractivity contribution is 5.94. The molecule has 1 heterocycles. The first-order valence-electron chi connectivity index (χ1n) is 11.5. The van der Waals surface area contributed by atoms with Gasteiger partial charge in [-0.15, -0.1) is 0 Å². The van der Waals surface area contributed by atoms with Gasteiger partial charge in [0.2, 0.25) is 0 Å². The molecule has 1 unspecified atom stereocenters. The predicted octanol–water partition coefficient (Wildman–Crippen LogP) is 6.07. The lowest BCUT2D eigenvalue weighted by molar-refractivity contribution is 0.0937. The molecule has 0 bridgehead atoms. The van der Waals surface area contributed by atoms with Gasteiger partial charge in [-0.05, 0) is 49.6 Å². The van der Waals surface area contributed by atoms with E-state index in [-0.39, 0.29) is 11.9 Å². The van der Waals surface area contributed by atoms with Crippen molar-refractivity contribution in [3.8, 4) is 5.75 Å². The van der Waals surface area contributed by atoms with Crippen molar-refractivity contribution in [2.24, 2.45) is 0 Å². The molecule has 5 nitrogen and oxygen atoms in total. The number of fused-ring (bicyclic) bond motifs is 2. The molecule has 0 radical (unpaired) electrons. The van der Waals surface area contributed by atoms with E-state index in [1.165, 1.54) is 0 Å². The number of aryl methyl sites for hydroxylation is 1. The Kier molecular flexibility index (Phi) is 6.00. The quantitative estimate of drug-likeness (QED) is 0.328. The van der Waals surface area contributed by atoms with Crippen LogP contribution in [0.5, 0.6) is 5.75 Å². The predicted molar refractivity (Wildman–Crippen MR) is 136 cm³/mol. The average molecular weight is 450 g/mol. The number of ether oxygens (including phenoxy) is 1. The maximum atomic E-state index is 12.8. The molecule has 0 saturated heterocycles. The third kappa shape index (κ3) is 4.37. The Morgan fingerprint density at radius 1 is 0.941 bits per heavy atom. The van der Waals surface area contributed by atoms with E-state index in [1.54, 1.807) is 0 Å². The van der Waals surface area contributed by atoms with Gasteiger partial charge in [0.1, 0.15) is 18.2 Å². The molecule has 1 N–H and O–H groups in total. The number of carbonyl (C=O) groups is 1. The van der Waals surface area contributed by atoms with E-state index in [0.717, 1.165) is 38.9 Å². The van der Waals surface area contributed by atoms with Crippen molar-refractivity contribution in [3.05, 3.63) is 108 Å². The normalized spacial score (nSPS) is 12.1. The second-order valence-corrected chi connectivity index (χ2v) is 8.50. The van der Waals surface area contributed by atoms with Crippen molar-refractivity contribution in [2.45, 2.75) is 26.4 Å². The van der Waals surface area contributed by atoms with Gasteiger partial charge in [-0.25, -0.2) is 4.98 Å². The minimum Gasteiger partial charge on any atom is -0.491 e. The minimum absolute atomic E-state index is 0.113. The number of para-hydroxylation sites is 2. The fourth-order valence-corrected chi connectivity index (χ4v) is 4.28. The molecule has 170 valence electrons. The molecule has 0 saturated carbocycles. The number of benzene rings is 4. The zero-order chi connectivity index (χ0) is 23.5. The molecule has 0 aliphatic carbocycles. The Bertz CT molecular complexity index is 1450. The lowest BCUT2D eigenvalue weighted by Crippen LogP contribution is -2.29. The number of rotatable bonds is 7. The molecule has 0 spiro atoms. The van der Waals surface area contributed by atoms with Gasteiger partial charge in [0.25, 0.3) is 5.91 Å². The summed E-state index contributed by atoms with van der Waals surface area (Å²) >= 11 is 0. The number of carbonyl (C=O) groups excluding carboxylic acids is 1. The Labute approximate surface area is 199 Å². The van der Waals surface area contributed by atoms with Gasteiger partial charge >= 0.3 is 0 Å². The Morgan fingerprint density at radius 2 is 1.68 bits per heavy atom. The van der Waals surface area contributed by atoms with Crippen molar-refractivity contribution in [1.82, 2.24) is 14.9 Å². The van der Waals surface area contributed by atoms with Crippen molar-refractivity contribution < 1.29 is 9.53 Å². The van der Waals surface area contributed by atoms with E-state index < -0.39 is 0 Å². The zero-order valence-corrected chi connectivity index (χ0v) is 19.4. The number of imidazole rings is 1. The van der Waals surface area contributed by atoms with Crippen LogP contribution in [0.1, 0.15) is 34.7 Å². The highest BCUT2D eigenvalue weighted by atomic mass is 16.5. The standard InChI is InChI=1S/C29H27N3O2/c1-20-14-16-23(17-15-20)29(33)30-21(2)28-31-25-11-5-6-12-26(25)32(28)18-19-34-27-13-7-9-22-8-3-4-10-24(22)27/h3-17,21H,18-19H2,1-2H3,(H,30,33). The summed E-state index contributed by atoms with van der Waals surface area (Å²) in [6.45, 7) is 5.08. The summed E-state index contributed by atoms with van der Waals surface area (Å²) in [5, 5.41) is 5.35. The van der Waals surface area contributed by atoms with Crippen molar-refractivity contribution >= 4 is 27.7 Å². The Hall–Kier alpha value is -4.12. The molecule has 5 aromatic rings. The summed E-state index contributed by atoms with van der Waals surface area (Å²) in [4.78, 5) is 17.7.